The summed E-state index contributed by atoms with van der Waals surface area (Å²) in [7, 11) is 0. The average molecular weight is 340 g/mol. The third-order valence-electron chi connectivity index (χ3n) is 4.64. The van der Waals surface area contributed by atoms with Gasteiger partial charge in [-0.1, -0.05) is 60.7 Å². The van der Waals surface area contributed by atoms with Gasteiger partial charge in [-0.15, -0.1) is 0 Å². The first-order chi connectivity index (χ1) is 12.2. The summed E-state index contributed by atoms with van der Waals surface area (Å²) in [4.78, 5) is 14.4. The summed E-state index contributed by atoms with van der Waals surface area (Å²) < 4.78 is 5.51. The van der Waals surface area contributed by atoms with Gasteiger partial charge in [-0.05, 0) is 17.5 Å². The fraction of sp³-hybridized carbons (Fsp3) is 0.350. The van der Waals surface area contributed by atoms with E-state index >= 15 is 0 Å². The number of rotatable bonds is 4. The Hall–Kier alpha value is -2.37. The lowest BCUT2D eigenvalue weighted by atomic mass is 9.86. The number of benzene rings is 2. The van der Waals surface area contributed by atoms with Gasteiger partial charge in [0.25, 0.3) is 0 Å². The van der Waals surface area contributed by atoms with Gasteiger partial charge < -0.3 is 15.6 Å². The summed E-state index contributed by atoms with van der Waals surface area (Å²) in [6, 6.07) is 18.9. The van der Waals surface area contributed by atoms with Crippen molar-refractivity contribution in [3.63, 3.8) is 0 Å². The maximum Gasteiger partial charge on any atom is 0.410 e. The van der Waals surface area contributed by atoms with Crippen molar-refractivity contribution in [2.75, 3.05) is 13.2 Å². The minimum Gasteiger partial charge on any atom is -0.445 e. The lowest BCUT2D eigenvalue weighted by Gasteiger charge is -2.42. The SMILES string of the molecule is N[C@H]1C[C@H](CO)CN(C(=O)OCc2ccccc2)[C@H]1c1ccccc1. The summed E-state index contributed by atoms with van der Waals surface area (Å²) >= 11 is 0. The van der Waals surface area contributed by atoms with E-state index in [-0.39, 0.29) is 31.2 Å². The van der Waals surface area contributed by atoms with E-state index in [2.05, 4.69) is 0 Å². The maximum absolute atomic E-state index is 12.7. The summed E-state index contributed by atoms with van der Waals surface area (Å²) in [6.07, 6.45) is 0.282. The normalized spacial score (nSPS) is 23.3. The molecule has 5 nitrogen and oxygen atoms in total. The van der Waals surface area contributed by atoms with Gasteiger partial charge in [0.05, 0.1) is 6.04 Å². The minimum absolute atomic E-state index is 0.0116. The van der Waals surface area contributed by atoms with Crippen LogP contribution in [0.25, 0.3) is 0 Å². The molecule has 1 heterocycles. The Morgan fingerprint density at radius 3 is 2.40 bits per heavy atom. The van der Waals surface area contributed by atoms with Gasteiger partial charge in [-0.25, -0.2) is 4.79 Å². The van der Waals surface area contributed by atoms with Crippen molar-refractivity contribution in [1.82, 2.24) is 4.90 Å². The molecule has 3 atom stereocenters. The van der Waals surface area contributed by atoms with Gasteiger partial charge in [0, 0.05) is 25.1 Å². The number of aliphatic hydroxyl groups is 1. The number of amides is 1. The molecule has 0 saturated carbocycles. The first kappa shape index (κ1) is 17.5. The summed E-state index contributed by atoms with van der Waals surface area (Å²) in [5.74, 6) is -0.0285. The highest BCUT2D eigenvalue weighted by Crippen LogP contribution is 2.33. The molecule has 1 aliphatic heterocycles. The molecule has 1 amide bonds. The molecule has 0 spiro atoms. The summed E-state index contributed by atoms with van der Waals surface area (Å²) in [5, 5.41) is 9.54. The van der Waals surface area contributed by atoms with Crippen LogP contribution in [0, 0.1) is 5.92 Å². The zero-order chi connectivity index (χ0) is 17.6. The average Bonchev–Trinajstić information content (AvgIpc) is 2.67. The molecule has 2 aromatic carbocycles. The van der Waals surface area contributed by atoms with Crippen molar-refractivity contribution < 1.29 is 14.6 Å². The summed E-state index contributed by atoms with van der Waals surface area (Å²) in [6.45, 7) is 0.672. The molecule has 1 aliphatic rings. The molecular weight excluding hydrogens is 316 g/mol. The molecule has 1 fully saturated rings. The number of aliphatic hydroxyl groups excluding tert-OH is 1. The fourth-order valence-corrected chi connectivity index (χ4v) is 3.41. The van der Waals surface area contributed by atoms with Crippen molar-refractivity contribution in [3.05, 3.63) is 71.8 Å². The molecular formula is C20H24N2O3. The zero-order valence-electron chi connectivity index (χ0n) is 14.1. The molecule has 1 saturated heterocycles. The molecule has 132 valence electrons. The van der Waals surface area contributed by atoms with Crippen molar-refractivity contribution in [2.24, 2.45) is 11.7 Å². The Bertz CT molecular complexity index is 678. The predicted octanol–water partition coefficient (Wildman–Crippen LogP) is 2.71. The van der Waals surface area contributed by atoms with Crippen LogP contribution in [0.2, 0.25) is 0 Å². The largest absolute Gasteiger partial charge is 0.445 e. The number of hydrogen-bond donors (Lipinski definition) is 2. The van der Waals surface area contributed by atoms with Crippen LogP contribution < -0.4 is 5.73 Å². The van der Waals surface area contributed by atoms with Crippen LogP contribution in [0.1, 0.15) is 23.6 Å². The van der Waals surface area contributed by atoms with E-state index in [9.17, 15) is 9.90 Å². The van der Waals surface area contributed by atoms with E-state index in [1.165, 1.54) is 0 Å². The third kappa shape index (κ3) is 4.18. The van der Waals surface area contributed by atoms with Gasteiger partial charge in [-0.3, -0.25) is 4.90 Å². The number of nitrogens with zero attached hydrogens (tertiary/aromatic N) is 1. The van der Waals surface area contributed by atoms with Gasteiger partial charge in [0.2, 0.25) is 0 Å². The smallest absolute Gasteiger partial charge is 0.410 e. The number of carbonyl (C=O) groups is 1. The highest BCUT2D eigenvalue weighted by atomic mass is 16.6. The van der Waals surface area contributed by atoms with Crippen molar-refractivity contribution >= 4 is 6.09 Å². The fourth-order valence-electron chi connectivity index (χ4n) is 3.41. The molecule has 0 aliphatic carbocycles. The highest BCUT2D eigenvalue weighted by molar-refractivity contribution is 5.69. The molecule has 25 heavy (non-hydrogen) atoms. The monoisotopic (exact) mass is 340 g/mol. The highest BCUT2D eigenvalue weighted by Gasteiger charge is 2.38. The molecule has 0 unspecified atom stereocenters. The Labute approximate surface area is 148 Å². The lowest BCUT2D eigenvalue weighted by Crippen LogP contribution is -2.52. The molecule has 3 rings (SSSR count). The number of likely N-dealkylation sites (tertiary alicyclic amines) is 1. The number of nitrogens with two attached hydrogens (primary N) is 1. The van der Waals surface area contributed by atoms with E-state index in [1.807, 2.05) is 60.7 Å². The minimum atomic E-state index is -0.397. The molecule has 2 aromatic rings. The molecule has 0 bridgehead atoms. The number of hydrogen-bond acceptors (Lipinski definition) is 4. The first-order valence-electron chi connectivity index (χ1n) is 8.57. The van der Waals surface area contributed by atoms with Crippen LogP contribution in [0.4, 0.5) is 4.79 Å². The van der Waals surface area contributed by atoms with Crippen LogP contribution >= 0.6 is 0 Å². The van der Waals surface area contributed by atoms with Crippen LogP contribution in [-0.2, 0) is 11.3 Å². The molecule has 0 radical (unpaired) electrons. The number of piperidine rings is 1. The van der Waals surface area contributed by atoms with E-state index in [0.29, 0.717) is 13.0 Å². The van der Waals surface area contributed by atoms with Gasteiger partial charge in [0.1, 0.15) is 6.61 Å². The van der Waals surface area contributed by atoms with E-state index < -0.39 is 6.09 Å². The van der Waals surface area contributed by atoms with Crippen LogP contribution in [0.3, 0.4) is 0 Å². The van der Waals surface area contributed by atoms with Crippen LogP contribution in [0.5, 0.6) is 0 Å². The van der Waals surface area contributed by atoms with Crippen molar-refractivity contribution in [2.45, 2.75) is 25.1 Å². The Balaban J connectivity index is 1.77. The summed E-state index contributed by atoms with van der Waals surface area (Å²) in [5.41, 5.74) is 8.28. The van der Waals surface area contributed by atoms with Gasteiger partial charge in [-0.2, -0.15) is 0 Å². The third-order valence-corrected chi connectivity index (χ3v) is 4.64. The van der Waals surface area contributed by atoms with Crippen molar-refractivity contribution in [3.8, 4) is 0 Å². The second kappa shape index (κ2) is 8.14. The predicted molar refractivity (Wildman–Crippen MR) is 95.7 cm³/mol. The Morgan fingerprint density at radius 1 is 1.12 bits per heavy atom. The second-order valence-corrected chi connectivity index (χ2v) is 6.50. The second-order valence-electron chi connectivity index (χ2n) is 6.50. The standard InChI is InChI=1S/C20H24N2O3/c21-18-11-16(13-23)12-22(19(18)17-9-5-2-6-10-17)20(24)25-14-15-7-3-1-4-8-15/h1-10,16,18-19,23H,11-14,21H2/t16-,18-,19-/m0/s1. The van der Waals surface area contributed by atoms with E-state index in [0.717, 1.165) is 11.1 Å². The quantitative estimate of drug-likeness (QED) is 0.897. The molecule has 5 heteroatoms. The first-order valence-corrected chi connectivity index (χ1v) is 8.57. The van der Waals surface area contributed by atoms with E-state index in [4.69, 9.17) is 10.5 Å². The Kier molecular flexibility index (Phi) is 5.68. The number of carbonyl (C=O) groups excluding carboxylic acids is 1. The topological polar surface area (TPSA) is 75.8 Å². The zero-order valence-corrected chi connectivity index (χ0v) is 14.1. The molecule has 0 aromatic heterocycles. The van der Waals surface area contributed by atoms with Crippen molar-refractivity contribution in [1.29, 1.82) is 0 Å². The van der Waals surface area contributed by atoms with Crippen LogP contribution in [0.15, 0.2) is 60.7 Å². The maximum atomic E-state index is 12.7. The Morgan fingerprint density at radius 2 is 1.76 bits per heavy atom. The van der Waals surface area contributed by atoms with Crippen LogP contribution in [-0.4, -0.2) is 35.3 Å². The number of ether oxygens (including phenoxy) is 1. The molecule has 3 N–H and O–H groups in total. The van der Waals surface area contributed by atoms with Gasteiger partial charge >= 0.3 is 6.09 Å². The van der Waals surface area contributed by atoms with Gasteiger partial charge in [0.15, 0.2) is 0 Å². The lowest BCUT2D eigenvalue weighted by molar-refractivity contribution is 0.0343. The van der Waals surface area contributed by atoms with E-state index in [1.54, 1.807) is 4.90 Å².